The third-order valence-electron chi connectivity index (χ3n) is 8.48. The highest BCUT2D eigenvalue weighted by Crippen LogP contribution is 2.48. The van der Waals surface area contributed by atoms with Crippen LogP contribution in [0.3, 0.4) is 0 Å². The summed E-state index contributed by atoms with van der Waals surface area (Å²) in [7, 11) is 0. The lowest BCUT2D eigenvalue weighted by atomic mass is 9.67. The summed E-state index contributed by atoms with van der Waals surface area (Å²) in [6.07, 6.45) is 2.49. The van der Waals surface area contributed by atoms with Gasteiger partial charge in [-0.15, -0.1) is 0 Å². The minimum atomic E-state index is -0.683. The molecule has 0 bridgehead atoms. The Morgan fingerprint density at radius 1 is 1.05 bits per heavy atom. The second-order valence-electron chi connectivity index (χ2n) is 11.0. The minimum Gasteiger partial charge on any atom is -0.489 e. The Morgan fingerprint density at radius 2 is 1.83 bits per heavy atom. The fourth-order valence-corrected chi connectivity index (χ4v) is 6.45. The zero-order valence-electron chi connectivity index (χ0n) is 23.4. The van der Waals surface area contributed by atoms with Gasteiger partial charge in [0.2, 0.25) is 0 Å². The van der Waals surface area contributed by atoms with E-state index in [0.717, 1.165) is 38.0 Å². The molecule has 0 N–H and O–H groups in total. The third kappa shape index (κ3) is 5.01. The highest BCUT2D eigenvalue weighted by Gasteiger charge is 2.55. The lowest BCUT2D eigenvalue weighted by Crippen LogP contribution is -2.53. The van der Waals surface area contributed by atoms with Crippen molar-refractivity contribution in [2.45, 2.75) is 44.6 Å². The largest absolute Gasteiger partial charge is 0.489 e. The van der Waals surface area contributed by atoms with E-state index in [1.54, 1.807) is 31.0 Å². The maximum Gasteiger partial charge on any atom is 0.276 e. The molecular formula is C31H34FN5O4. The van der Waals surface area contributed by atoms with Crippen LogP contribution < -0.4 is 9.75 Å². The summed E-state index contributed by atoms with van der Waals surface area (Å²) in [6, 6.07) is 15.9. The van der Waals surface area contributed by atoms with Gasteiger partial charge in [-0.05, 0) is 44.0 Å². The van der Waals surface area contributed by atoms with Gasteiger partial charge in [-0.2, -0.15) is 5.10 Å². The molecule has 2 aromatic carbocycles. The number of nitrogens with zero attached hydrogens (tertiary/aromatic N) is 5. The van der Waals surface area contributed by atoms with Crippen molar-refractivity contribution in [2.24, 2.45) is 5.10 Å². The molecule has 3 aliphatic rings. The number of hydrogen-bond acceptors (Lipinski definition) is 8. The summed E-state index contributed by atoms with van der Waals surface area (Å²) in [5.41, 5.74) is 1.72. The second-order valence-corrected chi connectivity index (χ2v) is 11.0. The van der Waals surface area contributed by atoms with Crippen molar-refractivity contribution in [2.75, 3.05) is 44.3 Å². The first-order valence-corrected chi connectivity index (χ1v) is 14.2. The fourth-order valence-electron chi connectivity index (χ4n) is 6.45. The number of ketones is 1. The average Bonchev–Trinajstić information content (AvgIpc) is 3.58. The van der Waals surface area contributed by atoms with Crippen LogP contribution in [0.5, 0.6) is 5.75 Å². The number of amides is 1. The number of piperazine rings is 1. The van der Waals surface area contributed by atoms with Gasteiger partial charge < -0.3 is 14.2 Å². The Hall–Kier alpha value is -4.05. The van der Waals surface area contributed by atoms with Crippen LogP contribution in [0.4, 0.5) is 10.1 Å². The van der Waals surface area contributed by atoms with Gasteiger partial charge in [-0.1, -0.05) is 41.9 Å². The van der Waals surface area contributed by atoms with Crippen LogP contribution in [-0.2, 0) is 10.2 Å². The van der Waals surface area contributed by atoms with Crippen LogP contribution in [0.15, 0.2) is 64.2 Å². The monoisotopic (exact) mass is 559 g/mol. The number of aromatic nitrogens is 1. The molecular weight excluding hydrogens is 525 g/mol. The Bertz CT molecular complexity index is 1470. The number of aryl methyl sites for hydroxylation is 1. The summed E-state index contributed by atoms with van der Waals surface area (Å²) in [6.45, 7) is 7.43. The number of ether oxygens (including phenoxy) is 1. The van der Waals surface area contributed by atoms with E-state index in [1.165, 1.54) is 12.1 Å². The SMILES string of the molecule is CC(=O)C1=NN2c3cc(F)ccc3OC[C@@H]2[C@]1(CCCCN1CCN(C(=O)c2cc(C)on2)CC1)c1ccccc1. The fraction of sp³-hybridized carbons (Fsp3) is 0.419. The molecule has 0 unspecified atom stereocenters. The number of Topliss-reactive ketones (excluding diaryl/α,β-unsaturated/α-hetero) is 1. The van der Waals surface area contributed by atoms with Gasteiger partial charge in [-0.3, -0.25) is 19.5 Å². The van der Waals surface area contributed by atoms with Gasteiger partial charge in [0.1, 0.15) is 41.4 Å². The molecule has 0 radical (unpaired) electrons. The lowest BCUT2D eigenvalue weighted by Gasteiger charge is -2.41. The normalized spacial score (nSPS) is 22.1. The molecule has 214 valence electrons. The van der Waals surface area contributed by atoms with Crippen LogP contribution in [0, 0.1) is 12.7 Å². The van der Waals surface area contributed by atoms with Gasteiger partial charge in [-0.25, -0.2) is 4.39 Å². The highest BCUT2D eigenvalue weighted by atomic mass is 19.1. The molecule has 1 fully saturated rings. The first-order valence-electron chi connectivity index (χ1n) is 14.2. The van der Waals surface area contributed by atoms with Crippen molar-refractivity contribution in [3.05, 3.63) is 77.4 Å². The third-order valence-corrected chi connectivity index (χ3v) is 8.48. The number of fused-ring (bicyclic) bond motifs is 3. The van der Waals surface area contributed by atoms with E-state index >= 15 is 0 Å². The Kier molecular flexibility index (Phi) is 7.33. The molecule has 41 heavy (non-hydrogen) atoms. The number of carbonyl (C=O) groups is 2. The van der Waals surface area contributed by atoms with Crippen molar-refractivity contribution < 1.29 is 23.2 Å². The predicted octanol–water partition coefficient (Wildman–Crippen LogP) is 4.21. The van der Waals surface area contributed by atoms with Crippen LogP contribution in [-0.4, -0.2) is 77.7 Å². The number of anilines is 1. The smallest absolute Gasteiger partial charge is 0.276 e. The maximum atomic E-state index is 14.3. The van der Waals surface area contributed by atoms with E-state index in [2.05, 4.69) is 22.2 Å². The maximum absolute atomic E-state index is 14.3. The molecule has 6 rings (SSSR count). The van der Waals surface area contributed by atoms with Crippen molar-refractivity contribution in [3.8, 4) is 5.75 Å². The number of hydrogen-bond donors (Lipinski definition) is 0. The standard InChI is InChI=1S/C31H34FN5O4/c1-21-18-25(34-41-21)30(39)36-16-14-35(15-17-36)13-7-6-12-31(23-8-4-3-5-9-23)28-20-40-27-11-10-24(32)19-26(27)37(28)33-29(31)22(2)38/h3-5,8-11,18-19,28H,6-7,12-17,20H2,1-2H3/t28-,31+/m1/s1. The first-order chi connectivity index (χ1) is 19.9. The highest BCUT2D eigenvalue weighted by molar-refractivity contribution is 6.43. The van der Waals surface area contributed by atoms with E-state index in [0.29, 0.717) is 54.7 Å². The number of rotatable bonds is 8. The zero-order valence-corrected chi connectivity index (χ0v) is 23.4. The van der Waals surface area contributed by atoms with E-state index in [1.807, 2.05) is 23.1 Å². The van der Waals surface area contributed by atoms with E-state index in [9.17, 15) is 14.0 Å². The molecule has 1 amide bonds. The summed E-state index contributed by atoms with van der Waals surface area (Å²) in [4.78, 5) is 30.0. The number of benzene rings is 2. The molecule has 1 aromatic heterocycles. The van der Waals surface area contributed by atoms with Crippen molar-refractivity contribution in [1.82, 2.24) is 15.0 Å². The van der Waals surface area contributed by atoms with Gasteiger partial charge in [0.15, 0.2) is 11.5 Å². The molecule has 0 aliphatic carbocycles. The molecule has 3 aromatic rings. The van der Waals surface area contributed by atoms with Crippen LogP contribution in [0.1, 0.15) is 48.0 Å². The lowest BCUT2D eigenvalue weighted by molar-refractivity contribution is -0.111. The molecule has 2 atom stereocenters. The van der Waals surface area contributed by atoms with Gasteiger partial charge >= 0.3 is 0 Å². The van der Waals surface area contributed by atoms with E-state index in [4.69, 9.17) is 14.4 Å². The molecule has 3 aliphatic heterocycles. The average molecular weight is 560 g/mol. The van der Waals surface area contributed by atoms with Crippen LogP contribution in [0.25, 0.3) is 0 Å². The summed E-state index contributed by atoms with van der Waals surface area (Å²) in [5.74, 6) is 0.630. The molecule has 9 nitrogen and oxygen atoms in total. The van der Waals surface area contributed by atoms with Crippen LogP contribution >= 0.6 is 0 Å². The van der Waals surface area contributed by atoms with Gasteiger partial charge in [0.05, 0.1) is 5.41 Å². The van der Waals surface area contributed by atoms with E-state index in [-0.39, 0.29) is 23.5 Å². The summed E-state index contributed by atoms with van der Waals surface area (Å²) in [5, 5.41) is 10.5. The van der Waals surface area contributed by atoms with Crippen molar-refractivity contribution in [3.63, 3.8) is 0 Å². The Balaban J connectivity index is 1.15. The van der Waals surface area contributed by atoms with Crippen molar-refractivity contribution in [1.29, 1.82) is 0 Å². The summed E-state index contributed by atoms with van der Waals surface area (Å²) < 4.78 is 25.4. The second kappa shape index (κ2) is 11.1. The number of carbonyl (C=O) groups excluding carboxylic acids is 2. The van der Waals surface area contributed by atoms with Gasteiger partial charge in [0, 0.05) is 45.2 Å². The van der Waals surface area contributed by atoms with Crippen molar-refractivity contribution >= 4 is 23.1 Å². The Morgan fingerprint density at radius 3 is 2.54 bits per heavy atom. The minimum absolute atomic E-state index is 0.0932. The Labute approximate surface area is 238 Å². The first kappa shape index (κ1) is 27.1. The van der Waals surface area contributed by atoms with Gasteiger partial charge in [0.25, 0.3) is 5.91 Å². The number of halogens is 1. The molecule has 4 heterocycles. The number of hydrazone groups is 1. The zero-order chi connectivity index (χ0) is 28.6. The predicted molar refractivity (Wildman–Crippen MR) is 152 cm³/mol. The molecule has 10 heteroatoms. The molecule has 1 saturated heterocycles. The topological polar surface area (TPSA) is 91.5 Å². The summed E-state index contributed by atoms with van der Waals surface area (Å²) >= 11 is 0. The number of unbranched alkanes of at least 4 members (excludes halogenated alkanes) is 1. The van der Waals surface area contributed by atoms with Crippen LogP contribution in [0.2, 0.25) is 0 Å². The van der Waals surface area contributed by atoms with E-state index < -0.39 is 5.41 Å². The molecule has 0 saturated carbocycles. The quantitative estimate of drug-likeness (QED) is 0.382. The molecule has 0 spiro atoms.